The summed E-state index contributed by atoms with van der Waals surface area (Å²) >= 11 is 0. The fraction of sp³-hybridized carbons (Fsp3) is 0.333. The van der Waals surface area contributed by atoms with Crippen LogP contribution in [0.1, 0.15) is 12.5 Å². The third kappa shape index (κ3) is 5.37. The van der Waals surface area contributed by atoms with Gasteiger partial charge in [-0.3, -0.25) is 0 Å². The highest BCUT2D eigenvalue weighted by molar-refractivity contribution is 7.91. The third-order valence-electron chi connectivity index (χ3n) is 3.44. The topological polar surface area (TPSA) is 52.6 Å². The number of rotatable bonds is 8. The Bertz CT molecular complexity index is 694. The van der Waals surface area contributed by atoms with Gasteiger partial charge in [0.05, 0.1) is 31.0 Å². The molecule has 0 spiro atoms. The number of methoxy groups -OCH3 is 1. The molecule has 0 bridgehead atoms. The van der Waals surface area contributed by atoms with E-state index in [2.05, 4.69) is 0 Å². The maximum Gasteiger partial charge on any atom is 0.178 e. The number of hydrogen-bond donors (Lipinski definition) is 0. The van der Waals surface area contributed by atoms with E-state index in [9.17, 15) is 8.42 Å². The molecule has 0 aliphatic rings. The molecule has 0 aromatic heterocycles. The van der Waals surface area contributed by atoms with Gasteiger partial charge in [0.1, 0.15) is 5.75 Å². The monoisotopic (exact) mass is 334 g/mol. The highest BCUT2D eigenvalue weighted by atomic mass is 32.2. The smallest absolute Gasteiger partial charge is 0.178 e. The molecule has 0 saturated heterocycles. The first-order chi connectivity index (χ1) is 11.0. The van der Waals surface area contributed by atoms with Crippen LogP contribution in [0.2, 0.25) is 0 Å². The van der Waals surface area contributed by atoms with Gasteiger partial charge in [-0.1, -0.05) is 37.3 Å². The second kappa shape index (κ2) is 8.13. The lowest BCUT2D eigenvalue weighted by molar-refractivity contribution is 0.0977. The molecule has 2 rings (SSSR count). The fourth-order valence-electron chi connectivity index (χ4n) is 2.25. The van der Waals surface area contributed by atoms with E-state index in [1.165, 1.54) is 0 Å². The summed E-state index contributed by atoms with van der Waals surface area (Å²) in [5, 5.41) is 0. The molecule has 0 heterocycles. The SMILES string of the molecule is COc1ccc(COC[C@@H](C)CS(=O)(=O)c2ccccc2)cc1. The van der Waals surface area contributed by atoms with Crippen LogP contribution in [0.15, 0.2) is 59.5 Å². The van der Waals surface area contributed by atoms with Crippen LogP contribution in [0.3, 0.4) is 0 Å². The molecule has 0 aliphatic heterocycles. The predicted molar refractivity (Wildman–Crippen MR) is 90.3 cm³/mol. The van der Waals surface area contributed by atoms with E-state index < -0.39 is 9.84 Å². The Morgan fingerprint density at radius 2 is 1.65 bits per heavy atom. The average molecular weight is 334 g/mol. The van der Waals surface area contributed by atoms with Crippen LogP contribution in [-0.4, -0.2) is 27.9 Å². The zero-order valence-electron chi connectivity index (χ0n) is 13.4. The molecule has 4 nitrogen and oxygen atoms in total. The molecular formula is C18H22O4S. The Hall–Kier alpha value is -1.85. The Kier molecular flexibility index (Phi) is 6.19. The molecule has 2 aromatic rings. The van der Waals surface area contributed by atoms with Crippen molar-refractivity contribution in [3.8, 4) is 5.75 Å². The predicted octanol–water partition coefficient (Wildman–Crippen LogP) is 3.32. The molecule has 0 aliphatic carbocycles. The molecule has 0 fully saturated rings. The Balaban J connectivity index is 1.81. The van der Waals surface area contributed by atoms with Crippen molar-refractivity contribution in [2.24, 2.45) is 5.92 Å². The molecule has 1 atom stereocenters. The summed E-state index contributed by atoms with van der Waals surface area (Å²) in [6.45, 7) is 2.74. The molecule has 0 saturated carbocycles. The van der Waals surface area contributed by atoms with E-state index >= 15 is 0 Å². The van der Waals surface area contributed by atoms with Crippen molar-refractivity contribution in [3.05, 3.63) is 60.2 Å². The Labute approximate surface area is 138 Å². The molecular weight excluding hydrogens is 312 g/mol. The highest BCUT2D eigenvalue weighted by Gasteiger charge is 2.18. The largest absolute Gasteiger partial charge is 0.497 e. The third-order valence-corrected chi connectivity index (χ3v) is 5.43. The normalized spacial score (nSPS) is 12.8. The molecule has 0 N–H and O–H groups in total. The zero-order chi connectivity index (χ0) is 16.7. The summed E-state index contributed by atoms with van der Waals surface area (Å²) in [6.07, 6.45) is 0. The molecule has 0 radical (unpaired) electrons. The first-order valence-corrected chi connectivity index (χ1v) is 9.15. The van der Waals surface area contributed by atoms with Gasteiger partial charge >= 0.3 is 0 Å². The van der Waals surface area contributed by atoms with Crippen molar-refractivity contribution in [3.63, 3.8) is 0 Å². The summed E-state index contributed by atoms with van der Waals surface area (Å²) in [6, 6.07) is 16.1. The minimum absolute atomic E-state index is 0.0709. The van der Waals surface area contributed by atoms with Crippen molar-refractivity contribution in [2.45, 2.75) is 18.4 Å². The minimum atomic E-state index is -3.26. The summed E-state index contributed by atoms with van der Waals surface area (Å²) in [7, 11) is -1.63. The van der Waals surface area contributed by atoms with Crippen LogP contribution >= 0.6 is 0 Å². The molecule has 0 amide bonds. The van der Waals surface area contributed by atoms with Crippen molar-refractivity contribution < 1.29 is 17.9 Å². The standard InChI is InChI=1S/C18H22O4S/c1-15(14-23(19,20)18-6-4-3-5-7-18)12-22-13-16-8-10-17(21-2)11-9-16/h3-11,15H,12-14H2,1-2H3/t15-/m1/s1. The maximum absolute atomic E-state index is 12.3. The number of sulfone groups is 1. The van der Waals surface area contributed by atoms with Crippen molar-refractivity contribution in [1.82, 2.24) is 0 Å². The van der Waals surface area contributed by atoms with Crippen LogP contribution in [0.25, 0.3) is 0 Å². The van der Waals surface area contributed by atoms with Crippen LogP contribution in [0.5, 0.6) is 5.75 Å². The van der Waals surface area contributed by atoms with Gasteiger partial charge in [-0.2, -0.15) is 0 Å². The Morgan fingerprint density at radius 1 is 1.00 bits per heavy atom. The Morgan fingerprint density at radius 3 is 2.26 bits per heavy atom. The van der Waals surface area contributed by atoms with Gasteiger partial charge in [-0.05, 0) is 35.7 Å². The van der Waals surface area contributed by atoms with Gasteiger partial charge in [0.15, 0.2) is 9.84 Å². The van der Waals surface area contributed by atoms with E-state index in [-0.39, 0.29) is 11.7 Å². The lowest BCUT2D eigenvalue weighted by atomic mass is 10.2. The second-order valence-corrected chi connectivity index (χ2v) is 7.60. The number of ether oxygens (including phenoxy) is 2. The van der Waals surface area contributed by atoms with E-state index in [0.717, 1.165) is 11.3 Å². The zero-order valence-corrected chi connectivity index (χ0v) is 14.3. The lowest BCUT2D eigenvalue weighted by Crippen LogP contribution is -2.18. The summed E-state index contributed by atoms with van der Waals surface area (Å²) in [5.41, 5.74) is 1.03. The first kappa shape index (κ1) is 17.5. The molecule has 5 heteroatoms. The minimum Gasteiger partial charge on any atom is -0.497 e. The lowest BCUT2D eigenvalue weighted by Gasteiger charge is -2.13. The maximum atomic E-state index is 12.3. The van der Waals surface area contributed by atoms with Crippen LogP contribution < -0.4 is 4.74 Å². The highest BCUT2D eigenvalue weighted by Crippen LogP contribution is 2.15. The molecule has 0 unspecified atom stereocenters. The first-order valence-electron chi connectivity index (χ1n) is 7.50. The van der Waals surface area contributed by atoms with E-state index in [0.29, 0.717) is 18.1 Å². The van der Waals surface area contributed by atoms with E-state index in [1.54, 1.807) is 37.4 Å². The summed E-state index contributed by atoms with van der Waals surface area (Å²) in [5.74, 6) is 0.814. The van der Waals surface area contributed by atoms with Crippen LogP contribution in [0.4, 0.5) is 0 Å². The molecule has 23 heavy (non-hydrogen) atoms. The van der Waals surface area contributed by atoms with Crippen molar-refractivity contribution in [1.29, 1.82) is 0 Å². The summed E-state index contributed by atoms with van der Waals surface area (Å²) < 4.78 is 35.3. The molecule has 2 aromatic carbocycles. The van der Waals surface area contributed by atoms with E-state index in [4.69, 9.17) is 9.47 Å². The van der Waals surface area contributed by atoms with Gasteiger partial charge in [-0.15, -0.1) is 0 Å². The van der Waals surface area contributed by atoms with Gasteiger partial charge in [-0.25, -0.2) is 8.42 Å². The quantitative estimate of drug-likeness (QED) is 0.743. The van der Waals surface area contributed by atoms with Crippen LogP contribution in [-0.2, 0) is 21.2 Å². The summed E-state index contributed by atoms with van der Waals surface area (Å²) in [4.78, 5) is 0.363. The van der Waals surface area contributed by atoms with Gasteiger partial charge in [0, 0.05) is 0 Å². The average Bonchev–Trinajstić information content (AvgIpc) is 2.56. The van der Waals surface area contributed by atoms with Crippen molar-refractivity contribution in [2.75, 3.05) is 19.5 Å². The van der Waals surface area contributed by atoms with Crippen molar-refractivity contribution >= 4 is 9.84 Å². The van der Waals surface area contributed by atoms with Gasteiger partial charge < -0.3 is 9.47 Å². The molecule has 124 valence electrons. The second-order valence-electron chi connectivity index (χ2n) is 5.56. The van der Waals surface area contributed by atoms with Crippen LogP contribution in [0, 0.1) is 5.92 Å². The van der Waals surface area contributed by atoms with E-state index in [1.807, 2.05) is 31.2 Å². The number of benzene rings is 2. The number of hydrogen-bond acceptors (Lipinski definition) is 4. The van der Waals surface area contributed by atoms with Gasteiger partial charge in [0.25, 0.3) is 0 Å². The fourth-order valence-corrected chi connectivity index (χ4v) is 3.86. The van der Waals surface area contributed by atoms with Gasteiger partial charge in [0.2, 0.25) is 0 Å².